The number of rotatable bonds is 0. The molecule has 0 saturated carbocycles. The summed E-state index contributed by atoms with van der Waals surface area (Å²) in [5.74, 6) is -0.984. The molecule has 0 aliphatic heterocycles. The van der Waals surface area contributed by atoms with Crippen LogP contribution in [0.25, 0.3) is 0 Å². The van der Waals surface area contributed by atoms with Crippen LogP contribution in [0, 0.1) is 0 Å². The van der Waals surface area contributed by atoms with Crippen molar-refractivity contribution in [3.8, 4) is 0 Å². The van der Waals surface area contributed by atoms with Crippen LogP contribution in [0.1, 0.15) is 5.82 Å². The minimum Gasteiger partial charge on any atom is -0.329 e. The molecule has 6 heteroatoms. The summed E-state index contributed by atoms with van der Waals surface area (Å²) >= 11 is 5.24. The first-order valence-electron chi connectivity index (χ1n) is 2.67. The molecule has 0 bridgehead atoms. The van der Waals surface area contributed by atoms with Crippen LogP contribution in [-0.4, -0.2) is 9.55 Å². The lowest BCUT2D eigenvalue weighted by Crippen LogP contribution is -2.11. The first-order chi connectivity index (χ1) is 4.91. The summed E-state index contributed by atoms with van der Waals surface area (Å²) in [4.78, 5) is 3.08. The minimum absolute atomic E-state index is 0.153. The quantitative estimate of drug-likeness (QED) is 0.604. The molecule has 0 aromatic carbocycles. The molecule has 0 unspecified atom stereocenters. The molecular formula is C5H4ClF3N2. The molecule has 62 valence electrons. The summed E-state index contributed by atoms with van der Waals surface area (Å²) in [5, 5.41) is -0.153. The van der Waals surface area contributed by atoms with Gasteiger partial charge in [-0.05, 0) is 0 Å². The van der Waals surface area contributed by atoms with Gasteiger partial charge in [0, 0.05) is 13.2 Å². The van der Waals surface area contributed by atoms with Crippen molar-refractivity contribution in [2.75, 3.05) is 0 Å². The third-order valence-electron chi connectivity index (χ3n) is 1.10. The lowest BCUT2D eigenvalue weighted by atomic mass is 10.6. The molecular weight excluding hydrogens is 181 g/mol. The number of imidazole rings is 1. The van der Waals surface area contributed by atoms with Gasteiger partial charge in [0.05, 0.1) is 0 Å². The van der Waals surface area contributed by atoms with Crippen LogP contribution in [0.15, 0.2) is 6.20 Å². The largest absolute Gasteiger partial charge is 0.449 e. The Morgan fingerprint density at radius 2 is 2.09 bits per heavy atom. The van der Waals surface area contributed by atoms with Crippen molar-refractivity contribution >= 4 is 11.6 Å². The van der Waals surface area contributed by atoms with Crippen LogP contribution in [0.5, 0.6) is 0 Å². The van der Waals surface area contributed by atoms with E-state index in [0.717, 1.165) is 10.8 Å². The molecule has 0 aliphatic carbocycles. The molecule has 0 fully saturated rings. The Balaban J connectivity index is 3.13. The average Bonchev–Trinajstić information content (AvgIpc) is 2.08. The van der Waals surface area contributed by atoms with Gasteiger partial charge in [-0.1, -0.05) is 11.6 Å². The Hall–Kier alpha value is -0.710. The van der Waals surface area contributed by atoms with E-state index in [1.165, 1.54) is 7.05 Å². The Labute approximate surface area is 65.6 Å². The van der Waals surface area contributed by atoms with Gasteiger partial charge in [0.25, 0.3) is 0 Å². The van der Waals surface area contributed by atoms with E-state index >= 15 is 0 Å². The number of aromatic nitrogens is 2. The third kappa shape index (κ3) is 1.65. The first kappa shape index (κ1) is 8.39. The Bertz CT molecular complexity index is 265. The van der Waals surface area contributed by atoms with Crippen molar-refractivity contribution in [1.82, 2.24) is 9.55 Å². The van der Waals surface area contributed by atoms with Gasteiger partial charge in [-0.3, -0.25) is 0 Å². The highest BCUT2D eigenvalue weighted by molar-refractivity contribution is 6.29. The van der Waals surface area contributed by atoms with Gasteiger partial charge < -0.3 is 4.57 Å². The number of alkyl halides is 3. The highest BCUT2D eigenvalue weighted by Crippen LogP contribution is 2.28. The van der Waals surface area contributed by atoms with E-state index in [1.54, 1.807) is 0 Å². The van der Waals surface area contributed by atoms with E-state index < -0.39 is 12.0 Å². The highest BCUT2D eigenvalue weighted by atomic mass is 35.5. The SMILES string of the molecule is Cn1cc(Cl)nc1C(F)(F)F. The minimum atomic E-state index is -4.43. The molecule has 0 amide bonds. The molecule has 2 nitrogen and oxygen atoms in total. The zero-order valence-corrected chi connectivity index (χ0v) is 6.24. The molecule has 1 heterocycles. The summed E-state index contributed by atoms with van der Waals surface area (Å²) < 4.78 is 36.6. The van der Waals surface area contributed by atoms with Gasteiger partial charge in [0.15, 0.2) is 0 Å². The molecule has 11 heavy (non-hydrogen) atoms. The highest BCUT2D eigenvalue weighted by Gasteiger charge is 2.35. The van der Waals surface area contributed by atoms with E-state index in [-0.39, 0.29) is 5.15 Å². The molecule has 0 atom stereocenters. The van der Waals surface area contributed by atoms with Gasteiger partial charge >= 0.3 is 6.18 Å². The normalized spacial score (nSPS) is 12.1. The van der Waals surface area contributed by atoms with Gasteiger partial charge in [-0.2, -0.15) is 13.2 Å². The lowest BCUT2D eigenvalue weighted by Gasteiger charge is -2.03. The van der Waals surface area contributed by atoms with E-state index in [2.05, 4.69) is 4.98 Å². The van der Waals surface area contributed by atoms with Crippen LogP contribution in [0.4, 0.5) is 13.2 Å². The number of hydrogen-bond acceptors (Lipinski definition) is 1. The fraction of sp³-hybridized carbons (Fsp3) is 0.400. The maximum absolute atomic E-state index is 11.9. The second-order valence-corrected chi connectivity index (χ2v) is 2.38. The zero-order valence-electron chi connectivity index (χ0n) is 5.48. The second kappa shape index (κ2) is 2.41. The summed E-state index contributed by atoms with van der Waals surface area (Å²) in [6.45, 7) is 0. The van der Waals surface area contributed by atoms with E-state index in [9.17, 15) is 13.2 Å². The van der Waals surface area contributed by atoms with Gasteiger partial charge in [-0.15, -0.1) is 0 Å². The molecule has 1 rings (SSSR count). The van der Waals surface area contributed by atoms with Crippen LogP contribution in [-0.2, 0) is 13.2 Å². The molecule has 1 aromatic heterocycles. The summed E-state index contributed by atoms with van der Waals surface area (Å²) in [5.41, 5.74) is 0. The monoisotopic (exact) mass is 184 g/mol. The zero-order chi connectivity index (χ0) is 8.65. The smallest absolute Gasteiger partial charge is 0.329 e. The number of nitrogens with zero attached hydrogens (tertiary/aromatic N) is 2. The van der Waals surface area contributed by atoms with E-state index in [0.29, 0.717) is 0 Å². The standard InChI is InChI=1S/C5H4ClF3N2/c1-11-2-3(6)10-4(11)5(7,8)9/h2H,1H3. The maximum atomic E-state index is 11.9. The molecule has 0 aliphatic rings. The Morgan fingerprint density at radius 3 is 2.27 bits per heavy atom. The summed E-state index contributed by atoms with van der Waals surface area (Å²) in [6, 6.07) is 0. The molecule has 0 spiro atoms. The van der Waals surface area contributed by atoms with Gasteiger partial charge in [-0.25, -0.2) is 4.98 Å². The fourth-order valence-corrected chi connectivity index (χ4v) is 0.920. The Kier molecular flexibility index (Phi) is 1.83. The summed E-state index contributed by atoms with van der Waals surface area (Å²) in [7, 11) is 1.24. The predicted octanol–water partition coefficient (Wildman–Crippen LogP) is 2.09. The fourth-order valence-electron chi connectivity index (χ4n) is 0.693. The molecule has 0 N–H and O–H groups in total. The maximum Gasteiger partial charge on any atom is 0.449 e. The van der Waals surface area contributed by atoms with Crippen molar-refractivity contribution in [2.45, 2.75) is 6.18 Å². The predicted molar refractivity (Wildman–Crippen MR) is 33.2 cm³/mol. The van der Waals surface area contributed by atoms with Crippen LogP contribution in [0.3, 0.4) is 0 Å². The second-order valence-electron chi connectivity index (χ2n) is 2.00. The topological polar surface area (TPSA) is 17.8 Å². The van der Waals surface area contributed by atoms with Crippen molar-refractivity contribution in [3.05, 3.63) is 17.2 Å². The van der Waals surface area contributed by atoms with Gasteiger partial charge in [0.2, 0.25) is 5.82 Å². The average molecular weight is 185 g/mol. The first-order valence-corrected chi connectivity index (χ1v) is 3.05. The van der Waals surface area contributed by atoms with Crippen LogP contribution < -0.4 is 0 Å². The van der Waals surface area contributed by atoms with Crippen molar-refractivity contribution in [1.29, 1.82) is 0 Å². The molecule has 0 radical (unpaired) electrons. The summed E-state index contributed by atoms with van der Waals surface area (Å²) in [6.07, 6.45) is -3.33. The number of hydrogen-bond donors (Lipinski definition) is 0. The van der Waals surface area contributed by atoms with Crippen LogP contribution in [0.2, 0.25) is 5.15 Å². The third-order valence-corrected chi connectivity index (χ3v) is 1.28. The van der Waals surface area contributed by atoms with Crippen molar-refractivity contribution < 1.29 is 13.2 Å². The molecule has 0 saturated heterocycles. The lowest BCUT2D eigenvalue weighted by molar-refractivity contribution is -0.146. The van der Waals surface area contributed by atoms with Gasteiger partial charge in [0.1, 0.15) is 5.15 Å². The molecule has 1 aromatic rings. The van der Waals surface area contributed by atoms with Crippen molar-refractivity contribution in [3.63, 3.8) is 0 Å². The van der Waals surface area contributed by atoms with E-state index in [1.807, 2.05) is 0 Å². The van der Waals surface area contributed by atoms with E-state index in [4.69, 9.17) is 11.6 Å². The Morgan fingerprint density at radius 1 is 1.55 bits per heavy atom. The number of aryl methyl sites for hydroxylation is 1. The number of halogens is 4. The van der Waals surface area contributed by atoms with Crippen molar-refractivity contribution in [2.24, 2.45) is 7.05 Å². The van der Waals surface area contributed by atoms with Crippen LogP contribution >= 0.6 is 11.6 Å².